The third kappa shape index (κ3) is 2.82. The maximum Gasteiger partial charge on any atom is 0.319 e. The van der Waals surface area contributed by atoms with Crippen LogP contribution in [0.25, 0.3) is 10.2 Å². The van der Waals surface area contributed by atoms with E-state index in [1.165, 1.54) is 11.3 Å². The van der Waals surface area contributed by atoms with Gasteiger partial charge >= 0.3 is 5.69 Å². The zero-order valence-corrected chi connectivity index (χ0v) is 11.6. The molecule has 1 aromatic heterocycles. The van der Waals surface area contributed by atoms with Gasteiger partial charge in [0.25, 0.3) is 0 Å². The first kappa shape index (κ1) is 13.7. The fraction of sp³-hybridized carbons (Fsp3) is 0.417. The second kappa shape index (κ2) is 5.50. The van der Waals surface area contributed by atoms with Crippen molar-refractivity contribution in [2.24, 2.45) is 11.7 Å². The highest BCUT2D eigenvalue weighted by Gasteiger charge is 2.21. The molecule has 0 aliphatic rings. The third-order valence-electron chi connectivity index (χ3n) is 3.04. The predicted molar refractivity (Wildman–Crippen MR) is 77.6 cm³/mol. The molecule has 6 nitrogen and oxygen atoms in total. The average molecular weight is 280 g/mol. The minimum Gasteiger partial charge on any atom is -0.378 e. The quantitative estimate of drug-likeness (QED) is 0.648. The molecular formula is C12H16N4O2S. The summed E-state index contributed by atoms with van der Waals surface area (Å²) in [6.45, 7) is 4.53. The maximum absolute atomic E-state index is 11.2. The van der Waals surface area contributed by atoms with Gasteiger partial charge in [-0.15, -0.1) is 11.3 Å². The SMILES string of the molecule is CC(C)C(N)CNc1ccc2scnc2c1[N+](=O)[O-]. The number of nitrogens with one attached hydrogen (secondary N) is 1. The van der Waals surface area contributed by atoms with Crippen LogP contribution in [0.1, 0.15) is 13.8 Å². The van der Waals surface area contributed by atoms with Gasteiger partial charge in [-0.1, -0.05) is 13.8 Å². The van der Waals surface area contributed by atoms with Crippen molar-refractivity contribution >= 4 is 32.9 Å². The Hall–Kier alpha value is -1.73. The number of aromatic nitrogens is 1. The van der Waals surface area contributed by atoms with Crippen LogP contribution in [0.3, 0.4) is 0 Å². The molecule has 1 aromatic carbocycles. The maximum atomic E-state index is 11.2. The summed E-state index contributed by atoms with van der Waals surface area (Å²) < 4.78 is 0.811. The molecule has 102 valence electrons. The zero-order valence-electron chi connectivity index (χ0n) is 10.8. The van der Waals surface area contributed by atoms with Crippen molar-refractivity contribution in [1.82, 2.24) is 4.98 Å². The van der Waals surface area contributed by atoms with Crippen molar-refractivity contribution < 1.29 is 4.92 Å². The number of nitrogens with zero attached hydrogens (tertiary/aromatic N) is 2. The van der Waals surface area contributed by atoms with E-state index in [1.807, 2.05) is 19.9 Å². The zero-order chi connectivity index (χ0) is 14.0. The van der Waals surface area contributed by atoms with E-state index in [0.717, 1.165) is 4.70 Å². The summed E-state index contributed by atoms with van der Waals surface area (Å²) in [6.07, 6.45) is 0. The Kier molecular flexibility index (Phi) is 3.96. The summed E-state index contributed by atoms with van der Waals surface area (Å²) in [5, 5.41) is 14.3. The Balaban J connectivity index is 2.32. The molecule has 2 aromatic rings. The minimum absolute atomic E-state index is 0.0229. The van der Waals surface area contributed by atoms with E-state index in [0.29, 0.717) is 23.7 Å². The smallest absolute Gasteiger partial charge is 0.319 e. The number of nitro groups is 1. The van der Waals surface area contributed by atoms with E-state index in [-0.39, 0.29) is 11.7 Å². The van der Waals surface area contributed by atoms with Crippen LogP contribution in [0.15, 0.2) is 17.6 Å². The molecule has 7 heteroatoms. The standard InChI is InChI=1S/C12H16N4O2S/c1-7(2)8(13)5-14-9-3-4-10-11(15-6-19-10)12(9)16(17)18/h3-4,6-8,14H,5,13H2,1-2H3. The van der Waals surface area contributed by atoms with Gasteiger partial charge in [0.05, 0.1) is 15.1 Å². The third-order valence-corrected chi connectivity index (χ3v) is 3.84. The van der Waals surface area contributed by atoms with Gasteiger partial charge in [0, 0.05) is 12.6 Å². The van der Waals surface area contributed by atoms with Gasteiger partial charge in [-0.3, -0.25) is 10.1 Å². The monoisotopic (exact) mass is 280 g/mol. The van der Waals surface area contributed by atoms with Crippen molar-refractivity contribution in [3.63, 3.8) is 0 Å². The van der Waals surface area contributed by atoms with Gasteiger partial charge < -0.3 is 11.1 Å². The molecule has 1 unspecified atom stereocenters. The molecule has 2 rings (SSSR count). The molecule has 0 saturated heterocycles. The molecule has 0 aliphatic carbocycles. The molecule has 3 N–H and O–H groups in total. The highest BCUT2D eigenvalue weighted by atomic mass is 32.1. The number of fused-ring (bicyclic) bond motifs is 1. The summed E-state index contributed by atoms with van der Waals surface area (Å²) in [4.78, 5) is 14.9. The number of nitrogens with two attached hydrogens (primary N) is 1. The molecule has 0 bridgehead atoms. The van der Waals surface area contributed by atoms with Crippen molar-refractivity contribution in [1.29, 1.82) is 0 Å². The Morgan fingerprint density at radius 3 is 2.89 bits per heavy atom. The first-order chi connectivity index (χ1) is 9.00. The Bertz CT molecular complexity index is 596. The van der Waals surface area contributed by atoms with Crippen molar-refractivity contribution in [3.05, 3.63) is 27.8 Å². The molecule has 0 amide bonds. The average Bonchev–Trinajstić information content (AvgIpc) is 2.82. The first-order valence-electron chi connectivity index (χ1n) is 6.00. The molecular weight excluding hydrogens is 264 g/mol. The van der Waals surface area contributed by atoms with Crippen molar-refractivity contribution in [3.8, 4) is 0 Å². The molecule has 19 heavy (non-hydrogen) atoms. The normalized spacial score (nSPS) is 12.8. The number of thiazole rings is 1. The fourth-order valence-corrected chi connectivity index (χ4v) is 2.39. The largest absolute Gasteiger partial charge is 0.378 e. The molecule has 0 saturated carbocycles. The Morgan fingerprint density at radius 1 is 1.53 bits per heavy atom. The van der Waals surface area contributed by atoms with Crippen LogP contribution in [0.5, 0.6) is 0 Å². The van der Waals surface area contributed by atoms with Crippen LogP contribution in [-0.4, -0.2) is 22.5 Å². The van der Waals surface area contributed by atoms with Crippen molar-refractivity contribution in [2.45, 2.75) is 19.9 Å². The number of benzene rings is 1. The van der Waals surface area contributed by atoms with Crippen LogP contribution in [0.4, 0.5) is 11.4 Å². The van der Waals surface area contributed by atoms with Gasteiger partial charge in [-0.25, -0.2) is 4.98 Å². The fourth-order valence-electron chi connectivity index (χ4n) is 1.71. The molecule has 0 aliphatic heterocycles. The van der Waals surface area contributed by atoms with Gasteiger partial charge in [0.2, 0.25) is 0 Å². The number of nitro benzene ring substituents is 1. The molecule has 1 heterocycles. The highest BCUT2D eigenvalue weighted by molar-refractivity contribution is 7.16. The van der Waals surface area contributed by atoms with Crippen LogP contribution in [0.2, 0.25) is 0 Å². The van der Waals surface area contributed by atoms with E-state index >= 15 is 0 Å². The van der Waals surface area contributed by atoms with E-state index in [4.69, 9.17) is 5.73 Å². The van der Waals surface area contributed by atoms with Gasteiger partial charge in [-0.2, -0.15) is 0 Å². The van der Waals surface area contributed by atoms with Gasteiger partial charge in [0.1, 0.15) is 5.69 Å². The molecule has 0 fully saturated rings. The Labute approximate surface area is 114 Å². The Morgan fingerprint density at radius 2 is 2.26 bits per heavy atom. The lowest BCUT2D eigenvalue weighted by molar-refractivity contribution is -0.382. The van der Waals surface area contributed by atoms with Gasteiger partial charge in [-0.05, 0) is 18.1 Å². The van der Waals surface area contributed by atoms with E-state index < -0.39 is 4.92 Å². The number of hydrogen-bond acceptors (Lipinski definition) is 6. The van der Waals surface area contributed by atoms with Crippen LogP contribution < -0.4 is 11.1 Å². The lowest BCUT2D eigenvalue weighted by atomic mass is 10.1. The van der Waals surface area contributed by atoms with Crippen LogP contribution in [0, 0.1) is 16.0 Å². The number of anilines is 1. The summed E-state index contributed by atoms with van der Waals surface area (Å²) in [5.74, 6) is 0.314. The second-order valence-corrected chi connectivity index (χ2v) is 5.59. The van der Waals surface area contributed by atoms with Gasteiger partial charge in [0.15, 0.2) is 5.52 Å². The minimum atomic E-state index is -0.398. The second-order valence-electron chi connectivity index (χ2n) is 4.71. The summed E-state index contributed by atoms with van der Waals surface area (Å²) >= 11 is 1.39. The van der Waals surface area contributed by atoms with E-state index in [1.54, 1.807) is 11.6 Å². The first-order valence-corrected chi connectivity index (χ1v) is 6.88. The van der Waals surface area contributed by atoms with Crippen molar-refractivity contribution in [2.75, 3.05) is 11.9 Å². The predicted octanol–water partition coefficient (Wildman–Crippen LogP) is 2.60. The molecule has 1 atom stereocenters. The molecule has 0 radical (unpaired) electrons. The lowest BCUT2D eigenvalue weighted by Gasteiger charge is -2.16. The lowest BCUT2D eigenvalue weighted by Crippen LogP contribution is -2.34. The summed E-state index contributed by atoms with van der Waals surface area (Å²) in [7, 11) is 0. The van der Waals surface area contributed by atoms with E-state index in [9.17, 15) is 10.1 Å². The number of hydrogen-bond donors (Lipinski definition) is 2. The number of rotatable bonds is 5. The van der Waals surface area contributed by atoms with Crippen LogP contribution >= 0.6 is 11.3 Å². The molecule has 0 spiro atoms. The highest BCUT2D eigenvalue weighted by Crippen LogP contribution is 2.34. The van der Waals surface area contributed by atoms with Crippen LogP contribution in [-0.2, 0) is 0 Å². The van der Waals surface area contributed by atoms with E-state index in [2.05, 4.69) is 10.3 Å². The summed E-state index contributed by atoms with van der Waals surface area (Å²) in [6, 6.07) is 3.50. The topological polar surface area (TPSA) is 94.1 Å². The summed E-state index contributed by atoms with van der Waals surface area (Å²) in [5.41, 5.74) is 8.47.